The number of rotatable bonds is 0. The summed E-state index contributed by atoms with van der Waals surface area (Å²) >= 11 is 0. The van der Waals surface area contributed by atoms with Gasteiger partial charge in [-0.2, -0.15) is 5.26 Å². The lowest BCUT2D eigenvalue weighted by atomic mass is 10.1. The van der Waals surface area contributed by atoms with Gasteiger partial charge < -0.3 is 0 Å². The lowest BCUT2D eigenvalue weighted by Gasteiger charge is -1.94. The number of hydrogen-bond acceptors (Lipinski definition) is 2. The van der Waals surface area contributed by atoms with Crippen LogP contribution in [-0.2, 0) is 6.42 Å². The van der Waals surface area contributed by atoms with Gasteiger partial charge in [-0.05, 0) is 30.2 Å². The molecule has 0 radical (unpaired) electrons. The van der Waals surface area contributed by atoms with Crippen LogP contribution in [0.15, 0.2) is 18.2 Å². The van der Waals surface area contributed by atoms with Crippen LogP contribution in [0.4, 0.5) is 4.39 Å². The third kappa shape index (κ3) is 1.11. The fourth-order valence-corrected chi connectivity index (χ4v) is 1.58. The fraction of sp³-hybridized carbons (Fsp3) is 0.200. The van der Waals surface area contributed by atoms with Gasteiger partial charge in [-0.25, -0.2) is 4.39 Å². The van der Waals surface area contributed by atoms with Crippen LogP contribution < -0.4 is 0 Å². The van der Waals surface area contributed by atoms with Crippen molar-refractivity contribution in [3.8, 4) is 6.07 Å². The predicted octanol–water partition coefficient (Wildman–Crippen LogP) is 1.70. The van der Waals surface area contributed by atoms with Crippen molar-refractivity contribution in [3.05, 3.63) is 35.1 Å². The second-order valence-corrected chi connectivity index (χ2v) is 3.05. The number of carbonyl (C=O) groups excluding carboxylic acids is 1. The predicted molar refractivity (Wildman–Crippen MR) is 43.5 cm³/mol. The normalized spacial score (nSPS) is 19.7. The molecule has 0 N–H and O–H groups in total. The zero-order valence-electron chi connectivity index (χ0n) is 6.75. The molecular weight excluding hydrogens is 169 g/mol. The van der Waals surface area contributed by atoms with E-state index in [2.05, 4.69) is 0 Å². The van der Waals surface area contributed by atoms with E-state index in [0.717, 1.165) is 0 Å². The van der Waals surface area contributed by atoms with Crippen LogP contribution in [0.25, 0.3) is 0 Å². The SMILES string of the molecule is N#CC1Cc2cc(F)ccc2C1=O. The van der Waals surface area contributed by atoms with Crippen molar-refractivity contribution in [1.29, 1.82) is 5.26 Å². The molecule has 13 heavy (non-hydrogen) atoms. The molecule has 0 aliphatic heterocycles. The highest BCUT2D eigenvalue weighted by molar-refractivity contribution is 6.03. The van der Waals surface area contributed by atoms with Crippen LogP contribution >= 0.6 is 0 Å². The van der Waals surface area contributed by atoms with Crippen molar-refractivity contribution < 1.29 is 9.18 Å². The first-order chi connectivity index (χ1) is 6.22. The zero-order valence-corrected chi connectivity index (χ0v) is 6.75. The quantitative estimate of drug-likeness (QED) is 0.602. The molecule has 2 rings (SSSR count). The number of hydrogen-bond donors (Lipinski definition) is 0. The van der Waals surface area contributed by atoms with Crippen molar-refractivity contribution in [2.45, 2.75) is 6.42 Å². The molecule has 1 aliphatic carbocycles. The number of benzene rings is 1. The summed E-state index contributed by atoms with van der Waals surface area (Å²) in [5.74, 6) is -1.15. The van der Waals surface area contributed by atoms with Gasteiger partial charge in [0.1, 0.15) is 11.7 Å². The van der Waals surface area contributed by atoms with Crippen LogP contribution in [0, 0.1) is 23.1 Å². The van der Waals surface area contributed by atoms with Crippen molar-refractivity contribution >= 4 is 5.78 Å². The Labute approximate surface area is 74.6 Å². The molecule has 2 nitrogen and oxygen atoms in total. The Balaban J connectivity index is 2.51. The van der Waals surface area contributed by atoms with E-state index in [0.29, 0.717) is 17.5 Å². The van der Waals surface area contributed by atoms with E-state index in [1.54, 1.807) is 0 Å². The zero-order chi connectivity index (χ0) is 9.42. The maximum Gasteiger partial charge on any atom is 0.180 e. The van der Waals surface area contributed by atoms with Crippen molar-refractivity contribution in [1.82, 2.24) is 0 Å². The highest BCUT2D eigenvalue weighted by Gasteiger charge is 2.30. The number of halogens is 1. The molecule has 0 heterocycles. The maximum atomic E-state index is 12.7. The summed E-state index contributed by atoms with van der Waals surface area (Å²) in [6.45, 7) is 0. The summed E-state index contributed by atoms with van der Waals surface area (Å²) < 4.78 is 12.7. The molecule has 1 aromatic rings. The Morgan fingerprint density at radius 3 is 3.00 bits per heavy atom. The molecule has 1 aliphatic rings. The first kappa shape index (κ1) is 7.93. The molecule has 1 unspecified atom stereocenters. The molecule has 0 saturated heterocycles. The summed E-state index contributed by atoms with van der Waals surface area (Å²) in [7, 11) is 0. The van der Waals surface area contributed by atoms with E-state index in [1.165, 1.54) is 18.2 Å². The number of carbonyl (C=O) groups is 1. The minimum absolute atomic E-state index is 0.183. The maximum absolute atomic E-state index is 12.7. The van der Waals surface area contributed by atoms with E-state index in [1.807, 2.05) is 6.07 Å². The van der Waals surface area contributed by atoms with E-state index in [-0.39, 0.29) is 11.6 Å². The van der Waals surface area contributed by atoms with Crippen LogP contribution in [0.5, 0.6) is 0 Å². The number of nitriles is 1. The molecular formula is C10H6FNO. The highest BCUT2D eigenvalue weighted by Crippen LogP contribution is 2.26. The number of Topliss-reactive ketones (excluding diaryl/α,β-unsaturated/α-hetero) is 1. The van der Waals surface area contributed by atoms with Gasteiger partial charge in [-0.1, -0.05) is 0 Å². The van der Waals surface area contributed by atoms with E-state index in [4.69, 9.17) is 5.26 Å². The molecule has 0 bridgehead atoms. The number of fused-ring (bicyclic) bond motifs is 1. The molecule has 3 heteroatoms. The Morgan fingerprint density at radius 1 is 1.54 bits per heavy atom. The highest BCUT2D eigenvalue weighted by atomic mass is 19.1. The molecule has 64 valence electrons. The Bertz CT molecular complexity index is 419. The van der Waals surface area contributed by atoms with Gasteiger partial charge in [-0.15, -0.1) is 0 Å². The average Bonchev–Trinajstić information content (AvgIpc) is 2.42. The van der Waals surface area contributed by atoms with Crippen LogP contribution in [0.1, 0.15) is 15.9 Å². The summed E-state index contributed by atoms with van der Waals surface area (Å²) in [5, 5.41) is 8.61. The monoisotopic (exact) mass is 175 g/mol. The van der Waals surface area contributed by atoms with E-state index < -0.39 is 5.92 Å². The lowest BCUT2D eigenvalue weighted by Crippen LogP contribution is -2.05. The lowest BCUT2D eigenvalue weighted by molar-refractivity contribution is 0.0963. The Kier molecular flexibility index (Phi) is 1.63. The van der Waals surface area contributed by atoms with Gasteiger partial charge >= 0.3 is 0 Å². The second kappa shape index (κ2) is 2.67. The van der Waals surface area contributed by atoms with Gasteiger partial charge in [-0.3, -0.25) is 4.79 Å². The van der Waals surface area contributed by atoms with Crippen molar-refractivity contribution in [2.24, 2.45) is 5.92 Å². The third-order valence-corrected chi connectivity index (χ3v) is 2.23. The van der Waals surface area contributed by atoms with Crippen LogP contribution in [0.3, 0.4) is 0 Å². The molecule has 0 fully saturated rings. The molecule has 0 spiro atoms. The number of nitrogens with zero attached hydrogens (tertiary/aromatic N) is 1. The largest absolute Gasteiger partial charge is 0.293 e. The first-order valence-corrected chi connectivity index (χ1v) is 3.94. The van der Waals surface area contributed by atoms with E-state index in [9.17, 15) is 9.18 Å². The van der Waals surface area contributed by atoms with Gasteiger partial charge in [0.15, 0.2) is 5.78 Å². The molecule has 0 amide bonds. The van der Waals surface area contributed by atoms with Crippen molar-refractivity contribution in [3.63, 3.8) is 0 Å². The van der Waals surface area contributed by atoms with E-state index >= 15 is 0 Å². The van der Waals surface area contributed by atoms with Crippen molar-refractivity contribution in [2.75, 3.05) is 0 Å². The van der Waals surface area contributed by atoms with Gasteiger partial charge in [0.2, 0.25) is 0 Å². The van der Waals surface area contributed by atoms with Gasteiger partial charge in [0.25, 0.3) is 0 Å². The van der Waals surface area contributed by atoms with Crippen LogP contribution in [0.2, 0.25) is 0 Å². The summed E-state index contributed by atoms with van der Waals surface area (Å²) in [6.07, 6.45) is 0.350. The topological polar surface area (TPSA) is 40.9 Å². The Hall–Kier alpha value is -1.69. The summed E-state index contributed by atoms with van der Waals surface area (Å²) in [6, 6.07) is 5.93. The number of ketones is 1. The third-order valence-electron chi connectivity index (χ3n) is 2.23. The molecule has 0 saturated carbocycles. The standard InChI is InChI=1S/C10H6FNO/c11-8-1-2-9-6(4-8)3-7(5-12)10(9)13/h1-2,4,7H,3H2. The Morgan fingerprint density at radius 2 is 2.31 bits per heavy atom. The van der Waals surface area contributed by atoms with Gasteiger partial charge in [0.05, 0.1) is 6.07 Å². The smallest absolute Gasteiger partial charge is 0.180 e. The average molecular weight is 175 g/mol. The summed E-state index contributed by atoms with van der Waals surface area (Å²) in [4.78, 5) is 11.4. The first-order valence-electron chi connectivity index (χ1n) is 3.94. The minimum Gasteiger partial charge on any atom is -0.293 e. The molecule has 0 aromatic heterocycles. The molecule has 1 aromatic carbocycles. The molecule has 1 atom stereocenters. The second-order valence-electron chi connectivity index (χ2n) is 3.05. The minimum atomic E-state index is -0.614. The fourth-order valence-electron chi connectivity index (χ4n) is 1.58. The summed E-state index contributed by atoms with van der Waals surface area (Å²) in [5.41, 5.74) is 1.14. The van der Waals surface area contributed by atoms with Crippen LogP contribution in [-0.4, -0.2) is 5.78 Å². The van der Waals surface area contributed by atoms with Gasteiger partial charge in [0, 0.05) is 5.56 Å².